The van der Waals surface area contributed by atoms with Crippen molar-refractivity contribution in [1.82, 2.24) is 10.6 Å². The van der Waals surface area contributed by atoms with Gasteiger partial charge in [-0.15, -0.1) is 0 Å². The van der Waals surface area contributed by atoms with E-state index in [0.29, 0.717) is 16.8 Å². The summed E-state index contributed by atoms with van der Waals surface area (Å²) >= 11 is 0. The quantitative estimate of drug-likeness (QED) is 0.185. The zero-order valence-corrected chi connectivity index (χ0v) is 21.9. The Bertz CT molecular complexity index is 1180. The Morgan fingerprint density at radius 2 is 1.72 bits per heavy atom. The molecule has 0 saturated carbocycles. The van der Waals surface area contributed by atoms with Crippen LogP contribution in [-0.4, -0.2) is 60.7 Å². The molecule has 0 aliphatic heterocycles. The van der Waals surface area contributed by atoms with Crippen LogP contribution in [0.3, 0.4) is 0 Å². The lowest BCUT2D eigenvalue weighted by molar-refractivity contribution is -0.132. The molecular weight excluding hydrogens is 512 g/mol. The van der Waals surface area contributed by atoms with Crippen LogP contribution in [0.2, 0.25) is 0 Å². The molecule has 0 saturated heterocycles. The third kappa shape index (κ3) is 10.6. The molecular formula is C27H32BF3N4O4. The van der Waals surface area contributed by atoms with Crippen LogP contribution in [-0.2, 0) is 22.4 Å². The van der Waals surface area contributed by atoms with Gasteiger partial charge in [-0.05, 0) is 42.0 Å². The Kier molecular flexibility index (Phi) is 11.7. The van der Waals surface area contributed by atoms with Gasteiger partial charge in [0, 0.05) is 12.7 Å². The van der Waals surface area contributed by atoms with Gasteiger partial charge in [0.1, 0.15) is 11.6 Å². The minimum atomic E-state index is -4.59. The zero-order valence-electron chi connectivity index (χ0n) is 21.9. The SMILES string of the molecule is CC(C)/C=C(\C#N)C(=O)N(C)c1cccc(C[C@H](NCC(F)(F)F)C(=O)N[C@@H](Cc2ccccc2)B(O)O)c1. The van der Waals surface area contributed by atoms with E-state index < -0.39 is 43.6 Å². The van der Waals surface area contributed by atoms with Crippen molar-refractivity contribution in [1.29, 1.82) is 5.26 Å². The maximum Gasteiger partial charge on any atom is 0.475 e. The number of benzene rings is 2. The molecule has 2 amide bonds. The standard InChI is InChI=1S/C27H32BF3N4O4/c1-18(2)12-21(16-32)26(37)35(3)22-11-7-10-20(13-22)14-23(33-17-27(29,30)31)25(36)34-24(28(38)39)15-19-8-5-4-6-9-19/h4-13,18,23-24,33,38-39H,14-15,17H2,1-3H3,(H,34,36)/b21-12+/t23-,24-/m0/s1. The van der Waals surface area contributed by atoms with Crippen molar-refractivity contribution in [3.05, 3.63) is 77.4 Å². The van der Waals surface area contributed by atoms with Crippen molar-refractivity contribution in [2.45, 2.75) is 44.8 Å². The number of rotatable bonds is 12. The van der Waals surface area contributed by atoms with Crippen molar-refractivity contribution in [3.63, 3.8) is 0 Å². The number of allylic oxidation sites excluding steroid dienone is 1. The van der Waals surface area contributed by atoms with Gasteiger partial charge in [0.2, 0.25) is 5.91 Å². The van der Waals surface area contributed by atoms with Crippen molar-refractivity contribution < 1.29 is 32.8 Å². The number of nitrogens with one attached hydrogen (secondary N) is 2. The molecule has 0 aliphatic rings. The summed E-state index contributed by atoms with van der Waals surface area (Å²) in [6.45, 7) is 2.20. The second-order valence-corrected chi connectivity index (χ2v) is 9.44. The molecule has 39 heavy (non-hydrogen) atoms. The molecule has 8 nitrogen and oxygen atoms in total. The first-order valence-corrected chi connectivity index (χ1v) is 12.3. The summed E-state index contributed by atoms with van der Waals surface area (Å²) in [5.41, 5.74) is 1.47. The van der Waals surface area contributed by atoms with Crippen molar-refractivity contribution in [2.24, 2.45) is 5.92 Å². The minimum Gasteiger partial charge on any atom is -0.426 e. The molecule has 0 spiro atoms. The van der Waals surface area contributed by atoms with E-state index >= 15 is 0 Å². The molecule has 2 atom stereocenters. The van der Waals surface area contributed by atoms with Crippen LogP contribution in [0.15, 0.2) is 66.2 Å². The molecule has 4 N–H and O–H groups in total. The summed E-state index contributed by atoms with van der Waals surface area (Å²) in [5.74, 6) is -2.60. The van der Waals surface area contributed by atoms with Crippen LogP contribution in [0.4, 0.5) is 18.9 Å². The number of amides is 2. The highest BCUT2D eigenvalue weighted by Gasteiger charge is 2.33. The minimum absolute atomic E-state index is 0.0366. The van der Waals surface area contributed by atoms with Gasteiger partial charge in [-0.1, -0.05) is 62.4 Å². The number of hydrogen-bond acceptors (Lipinski definition) is 6. The molecule has 0 aromatic heterocycles. The van der Waals surface area contributed by atoms with Gasteiger partial charge >= 0.3 is 13.3 Å². The number of anilines is 1. The number of nitriles is 1. The van der Waals surface area contributed by atoms with E-state index in [9.17, 15) is 38.1 Å². The van der Waals surface area contributed by atoms with E-state index in [2.05, 4.69) is 10.6 Å². The molecule has 12 heteroatoms. The number of carbonyl (C=O) groups excluding carboxylic acids is 2. The fraction of sp³-hybridized carbons (Fsp3) is 0.370. The van der Waals surface area contributed by atoms with Crippen LogP contribution in [0.25, 0.3) is 0 Å². The summed E-state index contributed by atoms with van der Waals surface area (Å²) in [7, 11) is -0.482. The molecule has 0 heterocycles. The number of likely N-dealkylation sites (N-methyl/N-ethyl adjacent to an activating group) is 1. The Labute approximate surface area is 226 Å². The van der Waals surface area contributed by atoms with E-state index in [1.165, 1.54) is 18.0 Å². The topological polar surface area (TPSA) is 126 Å². The van der Waals surface area contributed by atoms with Crippen molar-refractivity contribution >= 4 is 24.6 Å². The highest BCUT2D eigenvalue weighted by molar-refractivity contribution is 6.43. The van der Waals surface area contributed by atoms with Gasteiger partial charge in [0.25, 0.3) is 5.91 Å². The third-order valence-electron chi connectivity index (χ3n) is 5.74. The molecule has 0 fully saturated rings. The Morgan fingerprint density at radius 1 is 1.08 bits per heavy atom. The van der Waals surface area contributed by atoms with Crippen molar-refractivity contribution in [2.75, 3.05) is 18.5 Å². The summed E-state index contributed by atoms with van der Waals surface area (Å²) in [5, 5.41) is 33.6. The van der Waals surface area contributed by atoms with Crippen LogP contribution < -0.4 is 15.5 Å². The Hall–Kier alpha value is -3.66. The highest BCUT2D eigenvalue weighted by atomic mass is 19.4. The molecule has 0 unspecified atom stereocenters. The maximum atomic E-state index is 13.1. The first-order chi connectivity index (χ1) is 18.3. The van der Waals surface area contributed by atoms with Gasteiger partial charge in [-0.2, -0.15) is 18.4 Å². The Balaban J connectivity index is 2.26. The van der Waals surface area contributed by atoms with Gasteiger partial charge in [0.05, 0.1) is 18.5 Å². The number of halogens is 3. The van der Waals surface area contributed by atoms with Gasteiger partial charge in [-0.25, -0.2) is 0 Å². The summed E-state index contributed by atoms with van der Waals surface area (Å²) < 4.78 is 39.0. The Morgan fingerprint density at radius 3 is 2.28 bits per heavy atom. The van der Waals surface area contributed by atoms with Gasteiger partial charge < -0.3 is 20.3 Å². The normalized spacial score (nSPS) is 13.4. The van der Waals surface area contributed by atoms with E-state index in [1.807, 2.05) is 19.9 Å². The third-order valence-corrected chi connectivity index (χ3v) is 5.74. The van der Waals surface area contributed by atoms with E-state index in [-0.39, 0.29) is 24.3 Å². The second kappa shape index (κ2) is 14.5. The average molecular weight is 544 g/mol. The first kappa shape index (κ1) is 31.6. The number of nitrogens with zero attached hydrogens (tertiary/aromatic N) is 2. The molecule has 208 valence electrons. The highest BCUT2D eigenvalue weighted by Crippen LogP contribution is 2.20. The average Bonchev–Trinajstić information content (AvgIpc) is 2.88. The van der Waals surface area contributed by atoms with E-state index in [1.54, 1.807) is 54.6 Å². The lowest BCUT2D eigenvalue weighted by atomic mass is 9.75. The number of alkyl halides is 3. The number of carbonyl (C=O) groups is 2. The van der Waals surface area contributed by atoms with E-state index in [4.69, 9.17) is 0 Å². The summed E-state index contributed by atoms with van der Waals surface area (Å²) in [6.07, 6.45) is -3.21. The van der Waals surface area contributed by atoms with Gasteiger partial charge in [0.15, 0.2) is 0 Å². The molecule has 0 aliphatic carbocycles. The lowest BCUT2D eigenvalue weighted by Crippen LogP contribution is -2.55. The maximum absolute atomic E-state index is 13.1. The van der Waals surface area contributed by atoms with E-state index in [0.717, 1.165) is 0 Å². The summed E-state index contributed by atoms with van der Waals surface area (Å²) in [6, 6.07) is 15.5. The van der Waals surface area contributed by atoms with Crippen LogP contribution in [0.1, 0.15) is 25.0 Å². The fourth-order valence-corrected chi connectivity index (χ4v) is 3.79. The number of hydrogen-bond donors (Lipinski definition) is 4. The van der Waals surface area contributed by atoms with Crippen LogP contribution in [0.5, 0.6) is 0 Å². The second-order valence-electron chi connectivity index (χ2n) is 9.44. The molecule has 2 aromatic rings. The van der Waals surface area contributed by atoms with Crippen molar-refractivity contribution in [3.8, 4) is 6.07 Å². The largest absolute Gasteiger partial charge is 0.475 e. The predicted octanol–water partition coefficient (Wildman–Crippen LogP) is 2.56. The molecule has 2 aromatic carbocycles. The first-order valence-electron chi connectivity index (χ1n) is 12.3. The smallest absolute Gasteiger partial charge is 0.426 e. The molecule has 0 bridgehead atoms. The van der Waals surface area contributed by atoms with Crippen LogP contribution >= 0.6 is 0 Å². The van der Waals surface area contributed by atoms with Gasteiger partial charge in [-0.3, -0.25) is 14.9 Å². The molecule has 0 radical (unpaired) electrons. The fourth-order valence-electron chi connectivity index (χ4n) is 3.79. The lowest BCUT2D eigenvalue weighted by Gasteiger charge is -2.24. The summed E-state index contributed by atoms with van der Waals surface area (Å²) in [4.78, 5) is 27.1. The monoisotopic (exact) mass is 544 g/mol. The molecule has 2 rings (SSSR count). The zero-order chi connectivity index (χ0) is 29.2. The van der Waals surface area contributed by atoms with Crippen LogP contribution in [0, 0.1) is 17.2 Å². The predicted molar refractivity (Wildman–Crippen MR) is 142 cm³/mol.